The zero-order chi connectivity index (χ0) is 19.1. The fourth-order valence-electron chi connectivity index (χ4n) is 4.15. The molecule has 3 heterocycles. The minimum Gasteiger partial charge on any atom is -0.454 e. The van der Waals surface area contributed by atoms with E-state index < -0.39 is 5.60 Å². The summed E-state index contributed by atoms with van der Waals surface area (Å²) in [6.45, 7) is 1.24. The molecule has 3 aliphatic heterocycles. The molecule has 5 rings (SSSR count). The lowest BCUT2D eigenvalue weighted by atomic mass is 9.85. The summed E-state index contributed by atoms with van der Waals surface area (Å²) in [7, 11) is 0. The van der Waals surface area contributed by atoms with Gasteiger partial charge in [0, 0.05) is 18.2 Å². The van der Waals surface area contributed by atoms with E-state index in [4.69, 9.17) is 14.2 Å². The number of hydrogen-bond donors (Lipinski definition) is 0. The third kappa shape index (κ3) is 2.72. The summed E-state index contributed by atoms with van der Waals surface area (Å²) in [4.78, 5) is 26.8. The predicted molar refractivity (Wildman–Crippen MR) is 101 cm³/mol. The lowest BCUT2D eigenvalue weighted by Crippen LogP contribution is -2.48. The second-order valence-corrected chi connectivity index (χ2v) is 7.24. The largest absolute Gasteiger partial charge is 0.454 e. The molecule has 6 heteroatoms. The number of hydrogen-bond acceptors (Lipinski definition) is 5. The molecule has 0 saturated carbocycles. The second kappa shape index (κ2) is 6.41. The highest BCUT2D eigenvalue weighted by atomic mass is 16.7. The normalized spacial score (nSPS) is 22.6. The predicted octanol–water partition coefficient (Wildman–Crippen LogP) is 3.12. The van der Waals surface area contributed by atoms with E-state index in [0.717, 1.165) is 24.0 Å². The van der Waals surface area contributed by atoms with Crippen molar-refractivity contribution in [2.24, 2.45) is 0 Å². The smallest absolute Gasteiger partial charge is 0.339 e. The summed E-state index contributed by atoms with van der Waals surface area (Å²) < 4.78 is 16.4. The molecule has 0 aromatic heterocycles. The van der Waals surface area contributed by atoms with Crippen LogP contribution in [0.25, 0.3) is 6.08 Å². The van der Waals surface area contributed by atoms with Gasteiger partial charge in [-0.15, -0.1) is 0 Å². The molecule has 28 heavy (non-hydrogen) atoms. The monoisotopic (exact) mass is 377 g/mol. The van der Waals surface area contributed by atoms with Crippen molar-refractivity contribution in [3.8, 4) is 11.5 Å². The first-order chi connectivity index (χ1) is 13.6. The molecule has 1 atom stereocenters. The number of esters is 1. The van der Waals surface area contributed by atoms with Gasteiger partial charge >= 0.3 is 5.97 Å². The number of fused-ring (bicyclic) bond motifs is 3. The maximum absolute atomic E-state index is 12.8. The number of carbonyl (C=O) groups is 2. The second-order valence-electron chi connectivity index (χ2n) is 7.24. The van der Waals surface area contributed by atoms with Gasteiger partial charge in [0.15, 0.2) is 17.1 Å². The quantitative estimate of drug-likeness (QED) is 0.594. The third-order valence-electron chi connectivity index (χ3n) is 5.51. The summed E-state index contributed by atoms with van der Waals surface area (Å²) in [5.74, 6) is 0.988. The van der Waals surface area contributed by atoms with Crippen LogP contribution in [0, 0.1) is 0 Å². The first kappa shape index (κ1) is 16.9. The summed E-state index contributed by atoms with van der Waals surface area (Å²) in [5.41, 5.74) is 1.63. The van der Waals surface area contributed by atoms with E-state index in [9.17, 15) is 9.59 Å². The summed E-state index contributed by atoms with van der Waals surface area (Å²) >= 11 is 0. The van der Waals surface area contributed by atoms with Crippen LogP contribution in [-0.4, -0.2) is 36.7 Å². The Labute approximate surface area is 162 Å². The van der Waals surface area contributed by atoms with Gasteiger partial charge in [-0.3, -0.25) is 4.79 Å². The average Bonchev–Trinajstić information content (AvgIpc) is 3.29. The van der Waals surface area contributed by atoms with Gasteiger partial charge in [0.25, 0.3) is 0 Å². The van der Waals surface area contributed by atoms with Gasteiger partial charge in [0.2, 0.25) is 12.7 Å². The number of rotatable bonds is 2. The van der Waals surface area contributed by atoms with E-state index in [-0.39, 0.29) is 18.7 Å². The van der Waals surface area contributed by atoms with Crippen LogP contribution in [0.15, 0.2) is 48.5 Å². The van der Waals surface area contributed by atoms with Crippen LogP contribution in [0.1, 0.15) is 34.3 Å². The van der Waals surface area contributed by atoms with Crippen LogP contribution in [0.5, 0.6) is 11.5 Å². The van der Waals surface area contributed by atoms with Gasteiger partial charge in [-0.25, -0.2) is 4.79 Å². The zero-order valence-corrected chi connectivity index (χ0v) is 15.2. The van der Waals surface area contributed by atoms with Crippen molar-refractivity contribution in [2.75, 3.05) is 19.9 Å². The molecule has 0 unspecified atom stereocenters. The van der Waals surface area contributed by atoms with Crippen LogP contribution in [-0.2, 0) is 15.1 Å². The van der Waals surface area contributed by atoms with Crippen molar-refractivity contribution in [1.29, 1.82) is 0 Å². The highest BCUT2D eigenvalue weighted by Gasteiger charge is 2.48. The average molecular weight is 377 g/mol. The summed E-state index contributed by atoms with van der Waals surface area (Å²) in [5, 5.41) is 0. The van der Waals surface area contributed by atoms with Gasteiger partial charge in [-0.2, -0.15) is 0 Å². The topological polar surface area (TPSA) is 65.1 Å². The Morgan fingerprint density at radius 3 is 2.89 bits per heavy atom. The minimum atomic E-state index is -0.728. The lowest BCUT2D eigenvalue weighted by Gasteiger charge is -2.39. The van der Waals surface area contributed by atoms with E-state index >= 15 is 0 Å². The number of ether oxygens (including phenoxy) is 3. The standard InChI is InChI=1S/C22H19NO5/c24-20(9-7-15-6-8-18-19(12-15)27-14-26-18)23-11-3-10-22(13-23)17-5-2-1-4-16(17)21(25)28-22/h1-2,4-9,12H,3,10-11,13-14H2/b9-7+/t22-/m0/s1. The Kier molecular flexibility index (Phi) is 3.86. The van der Waals surface area contributed by atoms with Crippen LogP contribution < -0.4 is 9.47 Å². The Morgan fingerprint density at radius 1 is 1.11 bits per heavy atom. The molecule has 1 saturated heterocycles. The SMILES string of the molecule is O=C1O[C@]2(CCCN(C(=O)/C=C/c3ccc4c(c3)OCO4)C2)c2ccccc21. The Morgan fingerprint density at radius 2 is 1.96 bits per heavy atom. The molecule has 0 aliphatic carbocycles. The van der Waals surface area contributed by atoms with Gasteiger partial charge in [-0.05, 0) is 42.7 Å². The maximum Gasteiger partial charge on any atom is 0.339 e. The molecule has 1 amide bonds. The summed E-state index contributed by atoms with van der Waals surface area (Å²) in [6.07, 6.45) is 4.83. The Bertz CT molecular complexity index is 998. The van der Waals surface area contributed by atoms with Gasteiger partial charge in [0.1, 0.15) is 0 Å². The van der Waals surface area contributed by atoms with Crippen molar-refractivity contribution in [1.82, 2.24) is 4.90 Å². The van der Waals surface area contributed by atoms with Gasteiger partial charge in [0.05, 0.1) is 12.1 Å². The van der Waals surface area contributed by atoms with E-state index in [1.807, 2.05) is 36.4 Å². The maximum atomic E-state index is 12.8. The summed E-state index contributed by atoms with van der Waals surface area (Å²) in [6, 6.07) is 13.0. The highest BCUT2D eigenvalue weighted by Crippen LogP contribution is 2.42. The third-order valence-corrected chi connectivity index (χ3v) is 5.51. The van der Waals surface area contributed by atoms with Crippen LogP contribution in [0.2, 0.25) is 0 Å². The number of nitrogens with zero attached hydrogens (tertiary/aromatic N) is 1. The molecule has 0 bridgehead atoms. The molecule has 142 valence electrons. The molecule has 6 nitrogen and oxygen atoms in total. The van der Waals surface area contributed by atoms with Gasteiger partial charge in [-0.1, -0.05) is 24.3 Å². The molecule has 1 spiro atoms. The number of benzene rings is 2. The molecule has 1 fully saturated rings. The van der Waals surface area contributed by atoms with Crippen LogP contribution in [0.3, 0.4) is 0 Å². The van der Waals surface area contributed by atoms with Crippen LogP contribution >= 0.6 is 0 Å². The van der Waals surface area contributed by atoms with E-state index in [1.165, 1.54) is 0 Å². The zero-order valence-electron chi connectivity index (χ0n) is 15.2. The fraction of sp³-hybridized carbons (Fsp3) is 0.273. The molecule has 0 N–H and O–H groups in total. The van der Waals surface area contributed by atoms with Crippen molar-refractivity contribution in [3.63, 3.8) is 0 Å². The van der Waals surface area contributed by atoms with Crippen molar-refractivity contribution in [2.45, 2.75) is 18.4 Å². The Hall–Kier alpha value is -3.28. The molecule has 3 aliphatic rings. The lowest BCUT2D eigenvalue weighted by molar-refractivity contribution is -0.133. The van der Waals surface area contributed by atoms with E-state index in [2.05, 4.69) is 0 Å². The number of amides is 1. The number of likely N-dealkylation sites (tertiary alicyclic amines) is 1. The Balaban J connectivity index is 1.34. The highest BCUT2D eigenvalue weighted by molar-refractivity contribution is 5.95. The van der Waals surface area contributed by atoms with E-state index in [0.29, 0.717) is 30.2 Å². The van der Waals surface area contributed by atoms with Crippen LogP contribution in [0.4, 0.5) is 0 Å². The van der Waals surface area contributed by atoms with Gasteiger partial charge < -0.3 is 19.1 Å². The van der Waals surface area contributed by atoms with Crippen molar-refractivity contribution < 1.29 is 23.8 Å². The number of piperidine rings is 1. The molecule has 0 radical (unpaired) electrons. The number of carbonyl (C=O) groups excluding carboxylic acids is 2. The first-order valence-electron chi connectivity index (χ1n) is 9.34. The fourth-order valence-corrected chi connectivity index (χ4v) is 4.15. The molecular weight excluding hydrogens is 358 g/mol. The minimum absolute atomic E-state index is 0.0998. The van der Waals surface area contributed by atoms with E-state index in [1.54, 1.807) is 23.1 Å². The first-order valence-corrected chi connectivity index (χ1v) is 9.34. The molecule has 2 aromatic rings. The molecule has 2 aromatic carbocycles. The molecular formula is C22H19NO5. The van der Waals surface area contributed by atoms with Crippen molar-refractivity contribution >= 4 is 18.0 Å². The van der Waals surface area contributed by atoms with Crippen molar-refractivity contribution in [3.05, 3.63) is 65.2 Å².